The maximum Gasteiger partial charge on any atom is 0.177 e. The lowest BCUT2D eigenvalue weighted by Crippen LogP contribution is -2.43. The van der Waals surface area contributed by atoms with Crippen molar-refractivity contribution < 1.29 is 24.1 Å². The van der Waals surface area contributed by atoms with Gasteiger partial charge in [-0.25, -0.2) is 0 Å². The van der Waals surface area contributed by atoms with Gasteiger partial charge in [-0.2, -0.15) is 0 Å². The van der Waals surface area contributed by atoms with Crippen LogP contribution in [0.4, 0.5) is 0 Å². The van der Waals surface area contributed by atoms with E-state index >= 15 is 0 Å². The highest BCUT2D eigenvalue weighted by Gasteiger charge is 2.41. The molecule has 0 aliphatic carbocycles. The Kier molecular flexibility index (Phi) is 4.56. The standard InChI is InChI=1S/C16H22O5/c1-10-8-14(19-4)12(9-13(10)18-3)16(17)7-6-15(20-5)21-11(16)2/h6-9,11,15,17H,1-5H3/t11-,15+,16+/m0/s1. The van der Waals surface area contributed by atoms with Crippen LogP contribution in [0, 0.1) is 6.92 Å². The molecular formula is C16H22O5. The van der Waals surface area contributed by atoms with Crippen molar-refractivity contribution in [3.8, 4) is 11.5 Å². The second-order valence-corrected chi connectivity index (χ2v) is 5.09. The normalized spacial score (nSPS) is 28.5. The van der Waals surface area contributed by atoms with Gasteiger partial charge in [0.2, 0.25) is 0 Å². The maximum absolute atomic E-state index is 11.0. The molecule has 2 rings (SSSR count). The summed E-state index contributed by atoms with van der Waals surface area (Å²) in [5.74, 6) is 1.28. The van der Waals surface area contributed by atoms with E-state index < -0.39 is 18.0 Å². The summed E-state index contributed by atoms with van der Waals surface area (Å²) in [6, 6.07) is 3.63. The summed E-state index contributed by atoms with van der Waals surface area (Å²) < 4.78 is 21.5. The van der Waals surface area contributed by atoms with E-state index in [4.69, 9.17) is 18.9 Å². The fraction of sp³-hybridized carbons (Fsp3) is 0.500. The van der Waals surface area contributed by atoms with Gasteiger partial charge in [-0.3, -0.25) is 0 Å². The van der Waals surface area contributed by atoms with E-state index in [1.807, 2.05) is 13.0 Å². The summed E-state index contributed by atoms with van der Waals surface area (Å²) in [5.41, 5.74) is 0.233. The smallest absolute Gasteiger partial charge is 0.177 e. The number of methoxy groups -OCH3 is 3. The molecule has 0 unspecified atom stereocenters. The third-order valence-electron chi connectivity index (χ3n) is 3.85. The minimum absolute atomic E-state index is 0.460. The molecule has 0 radical (unpaired) electrons. The Morgan fingerprint density at radius 2 is 1.81 bits per heavy atom. The first-order chi connectivity index (χ1) is 9.96. The van der Waals surface area contributed by atoms with Crippen LogP contribution in [0.15, 0.2) is 24.3 Å². The van der Waals surface area contributed by atoms with Crippen molar-refractivity contribution in [1.82, 2.24) is 0 Å². The molecule has 0 aromatic heterocycles. The zero-order valence-corrected chi connectivity index (χ0v) is 13.0. The highest BCUT2D eigenvalue weighted by molar-refractivity contribution is 5.50. The van der Waals surface area contributed by atoms with Gasteiger partial charge in [-0.15, -0.1) is 0 Å². The Balaban J connectivity index is 2.54. The Morgan fingerprint density at radius 3 is 2.33 bits per heavy atom. The zero-order chi connectivity index (χ0) is 15.6. The number of hydrogen-bond donors (Lipinski definition) is 1. The quantitative estimate of drug-likeness (QED) is 0.862. The minimum atomic E-state index is -1.30. The Morgan fingerprint density at radius 1 is 1.14 bits per heavy atom. The first kappa shape index (κ1) is 15.8. The topological polar surface area (TPSA) is 57.2 Å². The van der Waals surface area contributed by atoms with Gasteiger partial charge >= 0.3 is 0 Å². The number of aliphatic hydroxyl groups is 1. The van der Waals surface area contributed by atoms with Gasteiger partial charge in [0.15, 0.2) is 6.29 Å². The van der Waals surface area contributed by atoms with Crippen molar-refractivity contribution >= 4 is 0 Å². The monoisotopic (exact) mass is 294 g/mol. The molecule has 1 aromatic carbocycles. The molecule has 5 nitrogen and oxygen atoms in total. The van der Waals surface area contributed by atoms with Crippen molar-refractivity contribution in [3.63, 3.8) is 0 Å². The lowest BCUT2D eigenvalue weighted by molar-refractivity contribution is -0.183. The van der Waals surface area contributed by atoms with Gasteiger partial charge in [0, 0.05) is 12.7 Å². The Bertz CT molecular complexity index is 540. The van der Waals surface area contributed by atoms with Gasteiger partial charge in [0.25, 0.3) is 0 Å². The van der Waals surface area contributed by atoms with Crippen molar-refractivity contribution in [2.24, 2.45) is 0 Å². The molecule has 0 saturated carbocycles. The van der Waals surface area contributed by atoms with Crippen molar-refractivity contribution in [3.05, 3.63) is 35.4 Å². The fourth-order valence-corrected chi connectivity index (χ4v) is 2.52. The van der Waals surface area contributed by atoms with Crippen LogP contribution in [-0.4, -0.2) is 38.8 Å². The molecule has 0 amide bonds. The predicted octanol–water partition coefficient (Wildman–Crippen LogP) is 2.15. The molecular weight excluding hydrogens is 272 g/mol. The van der Waals surface area contributed by atoms with Crippen molar-refractivity contribution in [1.29, 1.82) is 0 Å². The predicted molar refractivity (Wildman–Crippen MR) is 78.7 cm³/mol. The number of benzene rings is 1. The van der Waals surface area contributed by atoms with Crippen LogP contribution in [0.25, 0.3) is 0 Å². The summed E-state index contributed by atoms with van der Waals surface area (Å²) in [4.78, 5) is 0. The van der Waals surface area contributed by atoms with E-state index in [9.17, 15) is 5.11 Å². The number of hydrogen-bond acceptors (Lipinski definition) is 5. The summed E-state index contributed by atoms with van der Waals surface area (Å²) >= 11 is 0. The van der Waals surface area contributed by atoms with Gasteiger partial charge < -0.3 is 24.1 Å². The Hall–Kier alpha value is -1.56. The van der Waals surface area contributed by atoms with E-state index in [1.165, 1.54) is 0 Å². The minimum Gasteiger partial charge on any atom is -0.496 e. The first-order valence-electron chi connectivity index (χ1n) is 6.79. The SMILES string of the molecule is COc1cc([C@@]2(O)C=C[C@H](OC)O[C@H]2C)c(OC)cc1C. The van der Waals surface area contributed by atoms with E-state index in [0.29, 0.717) is 17.1 Å². The maximum atomic E-state index is 11.0. The Labute approximate surface area is 125 Å². The lowest BCUT2D eigenvalue weighted by Gasteiger charge is -2.37. The molecule has 0 fully saturated rings. The molecule has 1 aliphatic rings. The van der Waals surface area contributed by atoms with Gasteiger partial charge in [0.1, 0.15) is 17.1 Å². The van der Waals surface area contributed by atoms with E-state index in [1.54, 1.807) is 46.5 Å². The van der Waals surface area contributed by atoms with E-state index in [0.717, 1.165) is 5.56 Å². The van der Waals surface area contributed by atoms with Crippen LogP contribution in [-0.2, 0) is 15.1 Å². The number of rotatable bonds is 4. The fourth-order valence-electron chi connectivity index (χ4n) is 2.52. The summed E-state index contributed by atoms with van der Waals surface area (Å²) in [6.07, 6.45) is 2.42. The molecule has 1 aliphatic heterocycles. The molecule has 0 spiro atoms. The van der Waals surface area contributed by atoms with Crippen molar-refractivity contribution in [2.45, 2.75) is 31.8 Å². The second-order valence-electron chi connectivity index (χ2n) is 5.09. The molecule has 5 heteroatoms. The van der Waals surface area contributed by atoms with Crippen LogP contribution in [0.1, 0.15) is 18.1 Å². The average Bonchev–Trinajstić information content (AvgIpc) is 2.49. The third-order valence-corrected chi connectivity index (χ3v) is 3.85. The van der Waals surface area contributed by atoms with Crippen LogP contribution in [0.5, 0.6) is 11.5 Å². The van der Waals surface area contributed by atoms with Crippen molar-refractivity contribution in [2.75, 3.05) is 21.3 Å². The summed E-state index contributed by atoms with van der Waals surface area (Å²) in [7, 11) is 4.73. The highest BCUT2D eigenvalue weighted by atomic mass is 16.7. The van der Waals surface area contributed by atoms with Gasteiger partial charge in [0.05, 0.1) is 20.3 Å². The zero-order valence-electron chi connectivity index (χ0n) is 13.0. The third kappa shape index (κ3) is 2.77. The lowest BCUT2D eigenvalue weighted by atomic mass is 9.85. The molecule has 0 bridgehead atoms. The van der Waals surface area contributed by atoms with Gasteiger partial charge in [-0.1, -0.05) is 0 Å². The molecule has 1 heterocycles. The molecule has 21 heavy (non-hydrogen) atoms. The number of ether oxygens (including phenoxy) is 4. The van der Waals surface area contributed by atoms with Crippen LogP contribution >= 0.6 is 0 Å². The van der Waals surface area contributed by atoms with E-state index in [2.05, 4.69) is 0 Å². The molecule has 3 atom stereocenters. The number of aryl methyl sites for hydroxylation is 1. The van der Waals surface area contributed by atoms with Crippen LogP contribution < -0.4 is 9.47 Å². The highest BCUT2D eigenvalue weighted by Crippen LogP contribution is 2.41. The molecule has 1 N–H and O–H groups in total. The second kappa shape index (κ2) is 6.05. The summed E-state index contributed by atoms with van der Waals surface area (Å²) in [6.45, 7) is 3.72. The van der Waals surface area contributed by atoms with Gasteiger partial charge in [-0.05, 0) is 43.7 Å². The molecule has 1 aromatic rings. The molecule has 0 saturated heterocycles. The van der Waals surface area contributed by atoms with Crippen LogP contribution in [0.2, 0.25) is 0 Å². The van der Waals surface area contributed by atoms with E-state index in [-0.39, 0.29) is 0 Å². The van der Waals surface area contributed by atoms with Crippen LogP contribution in [0.3, 0.4) is 0 Å². The molecule has 116 valence electrons. The summed E-state index contributed by atoms with van der Waals surface area (Å²) in [5, 5.41) is 11.0. The largest absolute Gasteiger partial charge is 0.496 e. The average molecular weight is 294 g/mol. The first-order valence-corrected chi connectivity index (χ1v) is 6.79.